The molecule has 54 valence electrons. The molecule has 1 heterocycles. The van der Waals surface area contributed by atoms with Gasteiger partial charge in [-0.25, -0.2) is 0 Å². The Bertz CT molecular complexity index is 115. The van der Waals surface area contributed by atoms with Crippen molar-refractivity contribution in [1.82, 2.24) is 5.32 Å². The highest BCUT2D eigenvalue weighted by atomic mass is 35.5. The lowest BCUT2D eigenvalue weighted by molar-refractivity contribution is 0.110. The summed E-state index contributed by atoms with van der Waals surface area (Å²) in [6, 6.07) is 0. The molecule has 1 aliphatic carbocycles. The smallest absolute Gasteiger partial charge is 0.000841 e. The van der Waals surface area contributed by atoms with E-state index < -0.39 is 0 Å². The van der Waals surface area contributed by atoms with Crippen LogP contribution in [-0.4, -0.2) is 13.1 Å². The Morgan fingerprint density at radius 3 is 2.56 bits per heavy atom. The minimum absolute atomic E-state index is 0. The molecule has 2 aliphatic rings. The second-order valence-corrected chi connectivity index (χ2v) is 3.52. The second-order valence-electron chi connectivity index (χ2n) is 3.52. The molecule has 2 atom stereocenters. The van der Waals surface area contributed by atoms with Gasteiger partial charge >= 0.3 is 0 Å². The zero-order chi connectivity index (χ0) is 5.61. The predicted octanol–water partition coefficient (Wildman–Crippen LogP) is 1.43. The maximum Gasteiger partial charge on any atom is 0.000841 e. The van der Waals surface area contributed by atoms with Gasteiger partial charge in [-0.1, -0.05) is 6.92 Å². The molecule has 1 aliphatic heterocycles. The van der Waals surface area contributed by atoms with E-state index in [0.717, 1.165) is 11.3 Å². The molecule has 1 nitrogen and oxygen atoms in total. The van der Waals surface area contributed by atoms with Gasteiger partial charge in [0.05, 0.1) is 0 Å². The molecule has 0 aromatic rings. The van der Waals surface area contributed by atoms with Crippen LogP contribution >= 0.6 is 12.4 Å². The van der Waals surface area contributed by atoms with E-state index in [9.17, 15) is 0 Å². The average Bonchev–Trinajstić information content (AvgIpc) is 1.94. The molecule has 2 rings (SSSR count). The lowest BCUT2D eigenvalue weighted by Crippen LogP contribution is -2.35. The average molecular weight is 148 g/mol. The molecule has 2 fully saturated rings. The van der Waals surface area contributed by atoms with Crippen molar-refractivity contribution < 1.29 is 0 Å². The normalized spacial score (nSPS) is 47.0. The zero-order valence-electron chi connectivity index (χ0n) is 5.81. The van der Waals surface area contributed by atoms with Crippen LogP contribution < -0.4 is 5.32 Å². The first-order valence-corrected chi connectivity index (χ1v) is 3.52. The largest absolute Gasteiger partial charge is 0.316 e. The summed E-state index contributed by atoms with van der Waals surface area (Å²) in [5.41, 5.74) is 0.722. The lowest BCUT2D eigenvalue weighted by Gasteiger charge is -2.40. The molecule has 0 amide bonds. The first kappa shape index (κ1) is 7.36. The van der Waals surface area contributed by atoms with Gasteiger partial charge in [-0.15, -0.1) is 12.4 Å². The first-order chi connectivity index (χ1) is 3.81. The van der Waals surface area contributed by atoms with Crippen molar-refractivity contribution in [2.24, 2.45) is 11.3 Å². The standard InChI is InChI=1S/C7H13N.ClH/c1-7-3-2-6(7)4-8-5-7;/h6,8H,2-5H2,1H3;1H. The van der Waals surface area contributed by atoms with Crippen molar-refractivity contribution in [2.45, 2.75) is 19.8 Å². The summed E-state index contributed by atoms with van der Waals surface area (Å²) < 4.78 is 0. The molecule has 2 unspecified atom stereocenters. The summed E-state index contributed by atoms with van der Waals surface area (Å²) in [5.74, 6) is 1.03. The van der Waals surface area contributed by atoms with E-state index in [1.54, 1.807) is 0 Å². The Balaban J connectivity index is 0.000000405. The summed E-state index contributed by atoms with van der Waals surface area (Å²) in [7, 11) is 0. The van der Waals surface area contributed by atoms with Crippen LogP contribution in [0.25, 0.3) is 0 Å². The van der Waals surface area contributed by atoms with Crippen LogP contribution in [0.1, 0.15) is 19.8 Å². The number of fused-ring (bicyclic) bond motifs is 1. The van der Waals surface area contributed by atoms with Gasteiger partial charge in [0.2, 0.25) is 0 Å². The van der Waals surface area contributed by atoms with Crippen molar-refractivity contribution >= 4 is 12.4 Å². The van der Waals surface area contributed by atoms with Gasteiger partial charge in [0.1, 0.15) is 0 Å². The number of hydrogen-bond donors (Lipinski definition) is 1. The van der Waals surface area contributed by atoms with Crippen molar-refractivity contribution in [3.05, 3.63) is 0 Å². The van der Waals surface area contributed by atoms with Crippen molar-refractivity contribution in [3.63, 3.8) is 0 Å². The monoisotopic (exact) mass is 147 g/mol. The molecular formula is C7H14ClN. The van der Waals surface area contributed by atoms with Gasteiger partial charge in [0, 0.05) is 6.54 Å². The highest BCUT2D eigenvalue weighted by molar-refractivity contribution is 5.85. The molecule has 2 heteroatoms. The van der Waals surface area contributed by atoms with Crippen LogP contribution in [0, 0.1) is 11.3 Å². The van der Waals surface area contributed by atoms with Gasteiger partial charge in [-0.2, -0.15) is 0 Å². The van der Waals surface area contributed by atoms with Crippen molar-refractivity contribution in [3.8, 4) is 0 Å². The fourth-order valence-corrected chi connectivity index (χ4v) is 1.95. The minimum atomic E-state index is 0. The molecule has 1 saturated heterocycles. The summed E-state index contributed by atoms with van der Waals surface area (Å²) in [5, 5.41) is 3.42. The van der Waals surface area contributed by atoms with Gasteiger partial charge in [-0.3, -0.25) is 0 Å². The van der Waals surface area contributed by atoms with Crippen LogP contribution in [0.2, 0.25) is 0 Å². The Hall–Kier alpha value is 0.250. The quantitative estimate of drug-likeness (QED) is 0.547. The van der Waals surface area contributed by atoms with Gasteiger partial charge in [0.15, 0.2) is 0 Å². The van der Waals surface area contributed by atoms with Crippen molar-refractivity contribution in [2.75, 3.05) is 13.1 Å². The highest BCUT2D eigenvalue weighted by Gasteiger charge is 2.45. The topological polar surface area (TPSA) is 12.0 Å². The maximum absolute atomic E-state index is 3.42. The highest BCUT2D eigenvalue weighted by Crippen LogP contribution is 2.48. The number of hydrogen-bond acceptors (Lipinski definition) is 1. The SMILES string of the molecule is CC12CCC1CNC2.Cl. The van der Waals surface area contributed by atoms with Crippen LogP contribution in [0.15, 0.2) is 0 Å². The molecule has 0 aromatic carbocycles. The Morgan fingerprint density at radius 2 is 2.33 bits per heavy atom. The molecule has 9 heavy (non-hydrogen) atoms. The number of nitrogens with one attached hydrogen (secondary N) is 1. The van der Waals surface area contributed by atoms with Crippen molar-refractivity contribution in [1.29, 1.82) is 0 Å². The Kier molecular flexibility index (Phi) is 1.75. The number of halogens is 1. The molecule has 0 radical (unpaired) electrons. The zero-order valence-corrected chi connectivity index (χ0v) is 6.63. The fourth-order valence-electron chi connectivity index (χ4n) is 1.95. The van der Waals surface area contributed by atoms with E-state index in [1.165, 1.54) is 25.9 Å². The van der Waals surface area contributed by atoms with Gasteiger partial charge in [-0.05, 0) is 30.7 Å². The summed E-state index contributed by atoms with van der Waals surface area (Å²) in [6.45, 7) is 4.97. The predicted molar refractivity (Wildman–Crippen MR) is 40.9 cm³/mol. The second kappa shape index (κ2) is 2.14. The van der Waals surface area contributed by atoms with Gasteiger partial charge < -0.3 is 5.32 Å². The molecule has 1 N–H and O–H groups in total. The van der Waals surface area contributed by atoms with Crippen LogP contribution in [0.5, 0.6) is 0 Å². The molecule has 0 aromatic heterocycles. The van der Waals surface area contributed by atoms with E-state index in [0.29, 0.717) is 0 Å². The van der Waals surface area contributed by atoms with E-state index >= 15 is 0 Å². The first-order valence-electron chi connectivity index (χ1n) is 3.52. The lowest BCUT2D eigenvalue weighted by atomic mass is 9.64. The van der Waals surface area contributed by atoms with Crippen LogP contribution in [0.4, 0.5) is 0 Å². The fraction of sp³-hybridized carbons (Fsp3) is 1.00. The van der Waals surface area contributed by atoms with E-state index in [4.69, 9.17) is 0 Å². The maximum atomic E-state index is 3.42. The molecule has 0 bridgehead atoms. The Labute approximate surface area is 62.6 Å². The van der Waals surface area contributed by atoms with Crippen LogP contribution in [-0.2, 0) is 0 Å². The summed E-state index contributed by atoms with van der Waals surface area (Å²) in [6.07, 6.45) is 2.94. The van der Waals surface area contributed by atoms with E-state index in [1.807, 2.05) is 0 Å². The molecule has 0 spiro atoms. The Morgan fingerprint density at radius 1 is 1.56 bits per heavy atom. The minimum Gasteiger partial charge on any atom is -0.316 e. The summed E-state index contributed by atoms with van der Waals surface area (Å²) in [4.78, 5) is 0. The third kappa shape index (κ3) is 0.870. The van der Waals surface area contributed by atoms with Crippen LogP contribution in [0.3, 0.4) is 0 Å². The third-order valence-corrected chi connectivity index (χ3v) is 2.97. The number of rotatable bonds is 0. The summed E-state index contributed by atoms with van der Waals surface area (Å²) >= 11 is 0. The van der Waals surface area contributed by atoms with Gasteiger partial charge in [0.25, 0.3) is 0 Å². The van der Waals surface area contributed by atoms with E-state index in [-0.39, 0.29) is 12.4 Å². The van der Waals surface area contributed by atoms with E-state index in [2.05, 4.69) is 12.2 Å². The molecule has 1 saturated carbocycles. The molecular weight excluding hydrogens is 134 g/mol. The third-order valence-electron chi connectivity index (χ3n) is 2.97.